The van der Waals surface area contributed by atoms with E-state index in [2.05, 4.69) is 20.9 Å². The van der Waals surface area contributed by atoms with Gasteiger partial charge >= 0.3 is 12.1 Å². The van der Waals surface area contributed by atoms with E-state index in [1.165, 1.54) is 11.8 Å². The number of carboxylic acids is 1. The van der Waals surface area contributed by atoms with Gasteiger partial charge in [0, 0.05) is 23.5 Å². The van der Waals surface area contributed by atoms with Crippen LogP contribution in [0, 0.1) is 5.92 Å². The first-order chi connectivity index (χ1) is 17.3. The maximum Gasteiger partial charge on any atom is 0.408 e. The van der Waals surface area contributed by atoms with Crippen LogP contribution in [0.25, 0.3) is 10.9 Å². The maximum absolute atomic E-state index is 13.2. The van der Waals surface area contributed by atoms with E-state index >= 15 is 0 Å². The third-order valence-corrected chi connectivity index (χ3v) is 6.22. The summed E-state index contributed by atoms with van der Waals surface area (Å²) in [5.74, 6) is -2.09. The van der Waals surface area contributed by atoms with Gasteiger partial charge in [0.2, 0.25) is 11.8 Å². The molecular formula is C26H38N4O6S. The van der Waals surface area contributed by atoms with Crippen LogP contribution in [0.15, 0.2) is 30.5 Å². The zero-order valence-electron chi connectivity index (χ0n) is 22.2. The number of thioether (sulfide) groups is 1. The minimum Gasteiger partial charge on any atom is -0.480 e. The predicted octanol–water partition coefficient (Wildman–Crippen LogP) is 3.07. The van der Waals surface area contributed by atoms with Crippen LogP contribution in [0.4, 0.5) is 4.79 Å². The zero-order valence-corrected chi connectivity index (χ0v) is 23.0. The Bertz CT molecular complexity index is 1090. The topological polar surface area (TPSA) is 150 Å². The smallest absolute Gasteiger partial charge is 0.408 e. The van der Waals surface area contributed by atoms with Gasteiger partial charge in [-0.15, -0.1) is 0 Å². The number of aromatic amines is 1. The van der Waals surface area contributed by atoms with Gasteiger partial charge < -0.3 is 30.8 Å². The van der Waals surface area contributed by atoms with Crippen LogP contribution >= 0.6 is 11.8 Å². The standard InChI is InChI=1S/C26H38N4O6S/c1-15(2)21(30-22(31)19(11-12-37-6)29-25(35)36-26(3,4)5)23(32)28-20(24(33)34)13-16-14-27-18-10-8-7-9-17(16)18/h7-10,14-15,19-21,27H,11-13H2,1-6H3,(H,28,32)(H,29,35)(H,30,31)(H,33,34)/t19-,20-,21-/m0/s1. The Labute approximate surface area is 221 Å². The van der Waals surface area contributed by atoms with E-state index in [1.807, 2.05) is 30.5 Å². The Kier molecular flexibility index (Phi) is 10.8. The lowest BCUT2D eigenvalue weighted by molar-refractivity contribution is -0.142. The molecule has 0 saturated heterocycles. The van der Waals surface area contributed by atoms with Crippen LogP contribution < -0.4 is 16.0 Å². The normalized spacial score (nSPS) is 14.0. The van der Waals surface area contributed by atoms with Crippen molar-refractivity contribution in [2.24, 2.45) is 5.92 Å². The number of alkyl carbamates (subject to hydrolysis) is 1. The highest BCUT2D eigenvalue weighted by Gasteiger charge is 2.32. The Morgan fingerprint density at radius 1 is 1.03 bits per heavy atom. The Hall–Kier alpha value is -3.21. The number of nitrogens with one attached hydrogen (secondary N) is 4. The van der Waals surface area contributed by atoms with Gasteiger partial charge in [0.05, 0.1) is 0 Å². The van der Waals surface area contributed by atoms with Gasteiger partial charge in [0.1, 0.15) is 23.7 Å². The van der Waals surface area contributed by atoms with E-state index in [9.17, 15) is 24.3 Å². The van der Waals surface area contributed by atoms with E-state index in [-0.39, 0.29) is 12.3 Å². The van der Waals surface area contributed by atoms with Crippen LogP contribution in [0.1, 0.15) is 46.6 Å². The molecule has 2 rings (SSSR count). The summed E-state index contributed by atoms with van der Waals surface area (Å²) in [6, 6.07) is 4.38. The van der Waals surface area contributed by atoms with Crippen molar-refractivity contribution in [2.75, 3.05) is 12.0 Å². The third kappa shape index (κ3) is 9.31. The highest BCUT2D eigenvalue weighted by atomic mass is 32.2. The summed E-state index contributed by atoms with van der Waals surface area (Å²) < 4.78 is 5.27. The van der Waals surface area contributed by atoms with E-state index in [4.69, 9.17) is 4.74 Å². The predicted molar refractivity (Wildman–Crippen MR) is 144 cm³/mol. The van der Waals surface area contributed by atoms with E-state index in [1.54, 1.807) is 40.8 Å². The number of carbonyl (C=O) groups excluding carboxylic acids is 3. The minimum atomic E-state index is -1.20. The van der Waals surface area contributed by atoms with Gasteiger partial charge in [-0.2, -0.15) is 11.8 Å². The second-order valence-corrected chi connectivity index (χ2v) is 11.2. The number of fused-ring (bicyclic) bond motifs is 1. The van der Waals surface area contributed by atoms with Crippen LogP contribution in [0.3, 0.4) is 0 Å². The number of hydrogen-bond donors (Lipinski definition) is 5. The van der Waals surface area contributed by atoms with Gasteiger partial charge in [0.15, 0.2) is 0 Å². The number of aromatic nitrogens is 1. The average Bonchev–Trinajstić information content (AvgIpc) is 3.20. The van der Waals surface area contributed by atoms with Crippen molar-refractivity contribution in [1.82, 2.24) is 20.9 Å². The largest absolute Gasteiger partial charge is 0.480 e. The van der Waals surface area contributed by atoms with Crippen molar-refractivity contribution >= 4 is 46.5 Å². The number of hydrogen-bond acceptors (Lipinski definition) is 6. The van der Waals surface area contributed by atoms with Crippen LogP contribution in [0.5, 0.6) is 0 Å². The second kappa shape index (κ2) is 13.4. The van der Waals surface area contributed by atoms with Crippen LogP contribution in [-0.4, -0.2) is 69.7 Å². The van der Waals surface area contributed by atoms with E-state index < -0.39 is 47.6 Å². The number of para-hydroxylation sites is 1. The molecule has 1 aromatic heterocycles. The van der Waals surface area contributed by atoms with Crippen LogP contribution in [-0.2, 0) is 25.5 Å². The zero-order chi connectivity index (χ0) is 27.8. The second-order valence-electron chi connectivity index (χ2n) is 10.2. The van der Waals surface area contributed by atoms with Gasteiger partial charge in [-0.05, 0) is 56.7 Å². The first-order valence-corrected chi connectivity index (χ1v) is 13.6. The SMILES string of the molecule is CSCC[C@H](NC(=O)OC(C)(C)C)C(=O)N[C@H](C(=O)N[C@@H](Cc1c[nH]c2ccccc12)C(=O)O)C(C)C. The van der Waals surface area contributed by atoms with Crippen molar-refractivity contribution in [3.8, 4) is 0 Å². The lowest BCUT2D eigenvalue weighted by Gasteiger charge is -2.27. The molecule has 0 bridgehead atoms. The number of amides is 3. The molecular weight excluding hydrogens is 496 g/mol. The molecule has 3 atom stereocenters. The molecule has 1 aromatic carbocycles. The summed E-state index contributed by atoms with van der Waals surface area (Å²) in [6.45, 7) is 8.66. The molecule has 0 spiro atoms. The highest BCUT2D eigenvalue weighted by molar-refractivity contribution is 7.98. The molecule has 0 radical (unpaired) electrons. The Morgan fingerprint density at radius 3 is 2.30 bits per heavy atom. The minimum absolute atomic E-state index is 0.0698. The number of carbonyl (C=O) groups is 4. The van der Waals surface area contributed by atoms with Crippen molar-refractivity contribution in [3.05, 3.63) is 36.0 Å². The Balaban J connectivity index is 2.13. The van der Waals surface area contributed by atoms with Gasteiger partial charge in [-0.25, -0.2) is 9.59 Å². The maximum atomic E-state index is 13.2. The summed E-state index contributed by atoms with van der Waals surface area (Å²) in [5, 5.41) is 18.5. The fourth-order valence-corrected chi connectivity index (χ4v) is 4.20. The monoisotopic (exact) mass is 534 g/mol. The van der Waals surface area contributed by atoms with Gasteiger partial charge in [-0.1, -0.05) is 32.0 Å². The van der Waals surface area contributed by atoms with Crippen molar-refractivity contribution in [2.45, 2.75) is 71.2 Å². The first kappa shape index (κ1) is 30.0. The summed E-state index contributed by atoms with van der Waals surface area (Å²) in [5.41, 5.74) is 0.892. The molecule has 5 N–H and O–H groups in total. The molecule has 204 valence electrons. The van der Waals surface area contributed by atoms with E-state index in [0.29, 0.717) is 12.2 Å². The van der Waals surface area contributed by atoms with E-state index in [0.717, 1.165) is 16.5 Å². The molecule has 0 aliphatic heterocycles. The van der Waals surface area contributed by atoms with Gasteiger partial charge in [0.25, 0.3) is 0 Å². The lowest BCUT2D eigenvalue weighted by Crippen LogP contribution is -2.58. The summed E-state index contributed by atoms with van der Waals surface area (Å²) in [4.78, 5) is 53.6. The molecule has 0 aliphatic carbocycles. The third-order valence-electron chi connectivity index (χ3n) is 5.58. The van der Waals surface area contributed by atoms with Crippen molar-refractivity contribution in [1.29, 1.82) is 0 Å². The molecule has 10 nitrogen and oxygen atoms in total. The molecule has 2 aromatic rings. The number of benzene rings is 1. The number of aliphatic carboxylic acids is 1. The summed E-state index contributed by atoms with van der Waals surface area (Å²) in [7, 11) is 0. The highest BCUT2D eigenvalue weighted by Crippen LogP contribution is 2.19. The summed E-state index contributed by atoms with van der Waals surface area (Å²) >= 11 is 1.51. The first-order valence-electron chi connectivity index (χ1n) is 12.2. The summed E-state index contributed by atoms with van der Waals surface area (Å²) in [6.07, 6.45) is 3.28. The number of rotatable bonds is 12. The van der Waals surface area contributed by atoms with Crippen molar-refractivity contribution < 1.29 is 29.0 Å². The number of carboxylic acid groups (broad SMARTS) is 1. The molecule has 0 fully saturated rings. The van der Waals surface area contributed by atoms with Crippen molar-refractivity contribution in [3.63, 3.8) is 0 Å². The molecule has 3 amide bonds. The van der Waals surface area contributed by atoms with Crippen LogP contribution in [0.2, 0.25) is 0 Å². The quantitative estimate of drug-likeness (QED) is 0.281. The Morgan fingerprint density at radius 2 is 1.70 bits per heavy atom. The molecule has 0 unspecified atom stereocenters. The molecule has 0 aliphatic rings. The fraction of sp³-hybridized carbons (Fsp3) is 0.538. The molecule has 37 heavy (non-hydrogen) atoms. The molecule has 11 heteroatoms. The molecule has 1 heterocycles. The molecule has 0 saturated carbocycles. The fourth-order valence-electron chi connectivity index (χ4n) is 3.73. The lowest BCUT2D eigenvalue weighted by atomic mass is 10.0. The number of ether oxygens (including phenoxy) is 1. The van der Waals surface area contributed by atoms with Gasteiger partial charge in [-0.3, -0.25) is 9.59 Å². The average molecular weight is 535 g/mol. The number of H-pyrrole nitrogens is 1.